The minimum atomic E-state index is -1.03. The number of amides is 1. The number of hydrogen-bond donors (Lipinski definition) is 2. The van der Waals surface area contributed by atoms with Crippen LogP contribution < -0.4 is 10.4 Å². The molecule has 42 heavy (non-hydrogen) atoms. The molecule has 1 aliphatic rings. The molecule has 2 aromatic carbocycles. The monoisotopic (exact) mass is 646 g/mol. The Labute approximate surface area is 261 Å². The fraction of sp³-hybridized carbons (Fsp3) is 0.276. The van der Waals surface area contributed by atoms with Crippen LogP contribution in [0.1, 0.15) is 71.2 Å². The normalized spacial score (nSPS) is 13.8. The number of aryl methyl sites for hydroxylation is 1. The second kappa shape index (κ2) is 13.8. The van der Waals surface area contributed by atoms with Gasteiger partial charge >= 0.3 is 5.97 Å². The summed E-state index contributed by atoms with van der Waals surface area (Å²) in [7, 11) is 0. The molecule has 1 aliphatic heterocycles. The Morgan fingerprint density at radius 2 is 1.76 bits per heavy atom. The lowest BCUT2D eigenvalue weighted by molar-refractivity contribution is -0.407. The number of halogens is 3. The number of hydrogen-bond acceptors (Lipinski definition) is 7. The summed E-state index contributed by atoms with van der Waals surface area (Å²) in [5.74, 6) is -0.588. The van der Waals surface area contributed by atoms with Crippen LogP contribution in [0.3, 0.4) is 0 Å². The maximum absolute atomic E-state index is 12.8. The van der Waals surface area contributed by atoms with E-state index in [2.05, 4.69) is 22.4 Å². The van der Waals surface area contributed by atoms with E-state index < -0.39 is 18.1 Å². The smallest absolute Gasteiger partial charge is 0.306 e. The van der Waals surface area contributed by atoms with Crippen molar-refractivity contribution in [2.75, 3.05) is 0 Å². The van der Waals surface area contributed by atoms with E-state index in [-0.39, 0.29) is 23.9 Å². The highest BCUT2D eigenvalue weighted by Gasteiger charge is 2.32. The van der Waals surface area contributed by atoms with Crippen LogP contribution in [0.5, 0.6) is 0 Å². The Morgan fingerprint density at radius 3 is 2.40 bits per heavy atom. The molecule has 0 bridgehead atoms. The lowest BCUT2D eigenvalue weighted by Crippen LogP contribution is -2.25. The fourth-order valence-electron chi connectivity index (χ4n) is 4.18. The van der Waals surface area contributed by atoms with Crippen LogP contribution in [0.25, 0.3) is 5.00 Å². The zero-order valence-electron chi connectivity index (χ0n) is 22.9. The van der Waals surface area contributed by atoms with Crippen molar-refractivity contribution in [1.82, 2.24) is 20.1 Å². The van der Waals surface area contributed by atoms with Gasteiger partial charge in [0.15, 0.2) is 11.6 Å². The molecule has 13 heteroatoms. The van der Waals surface area contributed by atoms with Crippen LogP contribution >= 0.6 is 46.1 Å². The van der Waals surface area contributed by atoms with Crippen molar-refractivity contribution < 1.29 is 19.8 Å². The molecule has 0 saturated heterocycles. The van der Waals surface area contributed by atoms with Crippen molar-refractivity contribution in [3.63, 3.8) is 0 Å². The fourth-order valence-corrected chi connectivity index (χ4v) is 5.82. The summed E-state index contributed by atoms with van der Waals surface area (Å²) < 4.78 is 1.80. The van der Waals surface area contributed by atoms with Gasteiger partial charge in [-0.15, -0.1) is 27.6 Å². The lowest BCUT2D eigenvalue weighted by atomic mass is 10.0. The Morgan fingerprint density at radius 1 is 1.05 bits per heavy atom. The Hall–Kier alpha value is -3.28. The van der Waals surface area contributed by atoms with Crippen molar-refractivity contribution in [2.45, 2.75) is 52.3 Å². The lowest BCUT2D eigenvalue weighted by Gasteiger charge is -2.12. The van der Waals surface area contributed by atoms with Gasteiger partial charge in [-0.25, -0.2) is 0 Å². The largest absolute Gasteiger partial charge is 0.852 e. The molecular weight excluding hydrogens is 621 g/mol. The van der Waals surface area contributed by atoms with Crippen LogP contribution in [-0.4, -0.2) is 43.6 Å². The van der Waals surface area contributed by atoms with E-state index in [1.807, 2.05) is 24.3 Å². The SMILES string of the molecule is CC(C)[O-].CCc1cc2c(s1)-n1c(CNC(=O)c3ccc(Cl)c(Cl)c3)nnc1C(CC(=O)O)N=C2c1ccccc1Cl. The molecule has 9 nitrogen and oxygen atoms in total. The Bertz CT molecular complexity index is 1650. The highest BCUT2D eigenvalue weighted by atomic mass is 35.5. The molecule has 0 spiro atoms. The summed E-state index contributed by atoms with van der Waals surface area (Å²) in [5.41, 5.74) is 2.42. The standard InChI is InChI=1S/C26H20Cl3N5O3S.C3H7O/c1-2-14-10-16-23(15-5-3-4-6-17(15)27)31-20(11-22(35)36)24-33-32-21(34(24)26(16)38-14)12-30-25(37)13-7-8-18(28)19(29)9-13;1-3(2)4/h3-10,20H,2,11-12H2,1H3,(H,30,37)(H,35,36);3H,1-2H3/q;-1. The van der Waals surface area contributed by atoms with E-state index in [9.17, 15) is 19.8 Å². The van der Waals surface area contributed by atoms with Gasteiger partial charge in [-0.05, 0) is 36.8 Å². The number of nitrogens with zero attached hydrogens (tertiary/aromatic N) is 4. The summed E-state index contributed by atoms with van der Waals surface area (Å²) in [6, 6.07) is 13.1. The van der Waals surface area contributed by atoms with Gasteiger partial charge in [0.1, 0.15) is 11.0 Å². The third-order valence-electron chi connectivity index (χ3n) is 5.99. The van der Waals surface area contributed by atoms with Crippen molar-refractivity contribution in [3.8, 4) is 5.00 Å². The van der Waals surface area contributed by atoms with Gasteiger partial charge in [0, 0.05) is 26.6 Å². The summed E-state index contributed by atoms with van der Waals surface area (Å²) in [4.78, 5) is 30.6. The van der Waals surface area contributed by atoms with Crippen molar-refractivity contribution in [2.24, 2.45) is 4.99 Å². The van der Waals surface area contributed by atoms with E-state index in [1.54, 1.807) is 36.6 Å². The predicted octanol–water partition coefficient (Wildman–Crippen LogP) is 5.90. The van der Waals surface area contributed by atoms with Crippen LogP contribution in [0.4, 0.5) is 0 Å². The number of carboxylic acid groups (broad SMARTS) is 1. The third-order valence-corrected chi connectivity index (χ3v) is 8.33. The number of rotatable bonds is 7. The van der Waals surface area contributed by atoms with Crippen molar-refractivity contribution >= 4 is 63.7 Å². The molecule has 0 radical (unpaired) electrons. The second-order valence-corrected chi connectivity index (χ2v) is 11.9. The first-order valence-electron chi connectivity index (χ1n) is 13.0. The number of thiophene rings is 1. The van der Waals surface area contributed by atoms with Crippen molar-refractivity contribution in [1.29, 1.82) is 0 Å². The predicted molar refractivity (Wildman–Crippen MR) is 163 cm³/mol. The first-order valence-corrected chi connectivity index (χ1v) is 15.0. The molecule has 0 fully saturated rings. The summed E-state index contributed by atoms with van der Waals surface area (Å²) in [5, 5.41) is 32.6. The molecular formula is C29H27Cl3N5O4S-. The van der Waals surface area contributed by atoms with Crippen LogP contribution in [0.15, 0.2) is 53.5 Å². The van der Waals surface area contributed by atoms with Gasteiger partial charge in [-0.1, -0.05) is 73.8 Å². The average Bonchev–Trinajstić information content (AvgIpc) is 3.52. The first-order chi connectivity index (χ1) is 20.0. The number of benzene rings is 2. The summed E-state index contributed by atoms with van der Waals surface area (Å²) in [6.07, 6.45) is 0.0736. The molecule has 3 heterocycles. The molecule has 220 valence electrons. The number of nitrogens with one attached hydrogen (secondary N) is 1. The highest BCUT2D eigenvalue weighted by molar-refractivity contribution is 7.15. The maximum atomic E-state index is 12.8. The zero-order chi connectivity index (χ0) is 30.6. The number of carbonyl (C=O) groups is 2. The number of aromatic nitrogens is 3. The molecule has 5 rings (SSSR count). The van der Waals surface area contributed by atoms with Gasteiger partial charge in [0.2, 0.25) is 0 Å². The number of fused-ring (bicyclic) bond motifs is 3. The van der Waals surface area contributed by atoms with E-state index >= 15 is 0 Å². The third kappa shape index (κ3) is 7.19. The molecule has 0 aliphatic carbocycles. The minimum Gasteiger partial charge on any atom is -0.852 e. The molecule has 0 saturated carbocycles. The quantitative estimate of drug-likeness (QED) is 0.257. The maximum Gasteiger partial charge on any atom is 0.306 e. The molecule has 4 aromatic rings. The molecule has 1 amide bonds. The number of aliphatic carboxylic acids is 1. The highest BCUT2D eigenvalue weighted by Crippen LogP contribution is 2.38. The van der Waals surface area contributed by atoms with E-state index in [4.69, 9.17) is 39.8 Å². The van der Waals surface area contributed by atoms with Gasteiger partial charge < -0.3 is 15.5 Å². The second-order valence-electron chi connectivity index (χ2n) is 9.53. The number of carboxylic acids is 1. The Kier molecular flexibility index (Phi) is 10.4. The van der Waals surface area contributed by atoms with Gasteiger partial charge in [-0.3, -0.25) is 19.1 Å². The topological polar surface area (TPSA) is 133 Å². The van der Waals surface area contributed by atoms with Crippen LogP contribution in [0, 0.1) is 0 Å². The Balaban J connectivity index is 0.000000952. The van der Waals surface area contributed by atoms with Gasteiger partial charge in [0.05, 0.1) is 28.7 Å². The van der Waals surface area contributed by atoms with Crippen molar-refractivity contribution in [3.05, 3.63) is 96.8 Å². The van der Waals surface area contributed by atoms with Gasteiger partial charge in [0.25, 0.3) is 5.91 Å². The average molecular weight is 648 g/mol. The summed E-state index contributed by atoms with van der Waals surface area (Å²) >= 11 is 20.1. The molecule has 1 atom stereocenters. The van der Waals surface area contributed by atoms with E-state index in [1.165, 1.54) is 17.4 Å². The van der Waals surface area contributed by atoms with Gasteiger partial charge in [-0.2, -0.15) is 0 Å². The molecule has 1 unspecified atom stereocenters. The minimum absolute atomic E-state index is 0.0338. The van der Waals surface area contributed by atoms with E-state index in [0.29, 0.717) is 38.5 Å². The number of aliphatic imine (C=N–C) groups is 1. The molecule has 2 N–H and O–H groups in total. The zero-order valence-corrected chi connectivity index (χ0v) is 26.0. The first kappa shape index (κ1) is 31.7. The van der Waals surface area contributed by atoms with E-state index in [0.717, 1.165) is 21.9 Å². The summed E-state index contributed by atoms with van der Waals surface area (Å²) in [6.45, 7) is 5.31. The van der Waals surface area contributed by atoms with Crippen LogP contribution in [-0.2, 0) is 17.8 Å². The number of carbonyl (C=O) groups excluding carboxylic acids is 1. The van der Waals surface area contributed by atoms with Crippen LogP contribution in [0.2, 0.25) is 15.1 Å². The molecule has 2 aromatic heterocycles.